The van der Waals surface area contributed by atoms with Gasteiger partial charge in [-0.05, 0) is 13.8 Å². The average molecular weight is 230 g/mol. The van der Waals surface area contributed by atoms with Crippen LogP contribution in [0.1, 0.15) is 13.8 Å². The monoisotopic (exact) mass is 230 g/mol. The van der Waals surface area contributed by atoms with E-state index in [1.807, 2.05) is 5.32 Å². The zero-order chi connectivity index (χ0) is 12.7. The summed E-state index contributed by atoms with van der Waals surface area (Å²) in [7, 11) is 1.09. The van der Waals surface area contributed by atoms with E-state index in [4.69, 9.17) is 5.41 Å². The molecule has 7 nitrogen and oxygen atoms in total. The van der Waals surface area contributed by atoms with Crippen molar-refractivity contribution in [2.24, 2.45) is 5.92 Å². The van der Waals surface area contributed by atoms with Gasteiger partial charge in [0.1, 0.15) is 0 Å². The Kier molecular flexibility index (Phi) is 5.76. The zero-order valence-corrected chi connectivity index (χ0v) is 9.33. The number of methoxy groups -OCH3 is 1. The predicted molar refractivity (Wildman–Crippen MR) is 54.1 cm³/mol. The average Bonchev–Trinajstić information content (AvgIpc) is 2.17. The van der Waals surface area contributed by atoms with Crippen LogP contribution in [0.3, 0.4) is 0 Å². The minimum atomic E-state index is -1.42. The van der Waals surface area contributed by atoms with Gasteiger partial charge >= 0.3 is 12.1 Å². The summed E-state index contributed by atoms with van der Waals surface area (Å²) in [5.41, 5.74) is -0.214. The molecule has 7 heteroatoms. The molecule has 0 bridgehead atoms. The number of carbonyl (C=O) groups is 3. The standard InChI is InChI=1S/C9H14N2O5/c1-4-16-9(14)11-7(12)6(5(2)10)8(13)15-3/h6,10H,4H2,1-3H3,(H,11,12,14). The largest absolute Gasteiger partial charge is 0.468 e. The maximum absolute atomic E-state index is 11.4. The molecule has 16 heavy (non-hydrogen) atoms. The first-order valence-electron chi connectivity index (χ1n) is 4.54. The van der Waals surface area contributed by atoms with Crippen LogP contribution in [0.4, 0.5) is 4.79 Å². The molecule has 0 radical (unpaired) electrons. The Morgan fingerprint density at radius 2 is 1.94 bits per heavy atom. The van der Waals surface area contributed by atoms with E-state index >= 15 is 0 Å². The normalized spacial score (nSPS) is 11.2. The maximum Gasteiger partial charge on any atom is 0.413 e. The lowest BCUT2D eigenvalue weighted by atomic mass is 10.0. The number of alkyl carbamates (subject to hydrolysis) is 1. The van der Waals surface area contributed by atoms with Gasteiger partial charge in [0.15, 0.2) is 5.92 Å². The molecule has 0 aromatic rings. The Hall–Kier alpha value is -1.92. The van der Waals surface area contributed by atoms with Gasteiger partial charge in [0.25, 0.3) is 0 Å². The highest BCUT2D eigenvalue weighted by Crippen LogP contribution is 2.02. The minimum absolute atomic E-state index is 0.103. The lowest BCUT2D eigenvalue weighted by Crippen LogP contribution is -2.42. The summed E-state index contributed by atoms with van der Waals surface area (Å²) in [6, 6.07) is 0. The molecular formula is C9H14N2O5. The number of carbonyl (C=O) groups excluding carboxylic acids is 3. The Balaban J connectivity index is 4.58. The van der Waals surface area contributed by atoms with E-state index in [0.717, 1.165) is 7.11 Å². The number of rotatable bonds is 4. The second kappa shape index (κ2) is 6.54. The quantitative estimate of drug-likeness (QED) is 0.404. The number of imide groups is 1. The van der Waals surface area contributed by atoms with Crippen molar-refractivity contribution in [3.63, 3.8) is 0 Å². The lowest BCUT2D eigenvalue weighted by molar-refractivity contribution is -0.146. The van der Waals surface area contributed by atoms with Crippen molar-refractivity contribution < 1.29 is 23.9 Å². The number of hydrogen-bond donors (Lipinski definition) is 2. The van der Waals surface area contributed by atoms with Crippen LogP contribution < -0.4 is 5.32 Å². The molecule has 0 aromatic heterocycles. The number of amides is 2. The summed E-state index contributed by atoms with van der Waals surface area (Å²) >= 11 is 0. The van der Waals surface area contributed by atoms with E-state index in [2.05, 4.69) is 9.47 Å². The number of hydrogen-bond acceptors (Lipinski definition) is 6. The number of nitrogens with one attached hydrogen (secondary N) is 2. The van der Waals surface area contributed by atoms with E-state index in [1.54, 1.807) is 6.92 Å². The molecule has 0 saturated heterocycles. The smallest absolute Gasteiger partial charge is 0.413 e. The third-order valence-corrected chi connectivity index (χ3v) is 1.63. The maximum atomic E-state index is 11.4. The summed E-state index contributed by atoms with van der Waals surface area (Å²) in [5.74, 6) is -3.25. The Labute approximate surface area is 92.6 Å². The van der Waals surface area contributed by atoms with Crippen LogP contribution in [0.2, 0.25) is 0 Å². The van der Waals surface area contributed by atoms with Crippen molar-refractivity contribution in [3.8, 4) is 0 Å². The molecule has 0 fully saturated rings. The summed E-state index contributed by atoms with van der Waals surface area (Å²) in [6.45, 7) is 2.95. The van der Waals surface area contributed by atoms with Crippen molar-refractivity contribution in [1.82, 2.24) is 5.32 Å². The van der Waals surface area contributed by atoms with Crippen molar-refractivity contribution in [2.75, 3.05) is 13.7 Å². The Morgan fingerprint density at radius 1 is 1.38 bits per heavy atom. The second-order valence-corrected chi connectivity index (χ2v) is 2.85. The van der Waals surface area contributed by atoms with Gasteiger partial charge in [0.05, 0.1) is 13.7 Å². The summed E-state index contributed by atoms with van der Waals surface area (Å²) < 4.78 is 8.81. The molecule has 1 unspecified atom stereocenters. The predicted octanol–water partition coefficient (Wildman–Crippen LogP) is 0.0880. The van der Waals surface area contributed by atoms with Crippen LogP contribution in [-0.4, -0.2) is 37.4 Å². The van der Waals surface area contributed by atoms with E-state index in [0.29, 0.717) is 0 Å². The van der Waals surface area contributed by atoms with E-state index in [-0.39, 0.29) is 12.3 Å². The number of esters is 1. The van der Waals surface area contributed by atoms with E-state index in [9.17, 15) is 14.4 Å². The fourth-order valence-corrected chi connectivity index (χ4v) is 0.938. The molecule has 0 aromatic carbocycles. The van der Waals surface area contributed by atoms with Gasteiger partial charge in [-0.3, -0.25) is 14.9 Å². The van der Waals surface area contributed by atoms with Gasteiger partial charge in [-0.15, -0.1) is 0 Å². The highest BCUT2D eigenvalue weighted by atomic mass is 16.5. The summed E-state index contributed by atoms with van der Waals surface area (Å²) in [6.07, 6.45) is -0.956. The molecule has 0 rings (SSSR count). The fraction of sp³-hybridized carbons (Fsp3) is 0.556. The molecule has 0 aliphatic rings. The van der Waals surface area contributed by atoms with Crippen molar-refractivity contribution >= 4 is 23.7 Å². The third-order valence-electron chi connectivity index (χ3n) is 1.63. The SMILES string of the molecule is CCOC(=O)NC(=O)C(C(C)=N)C(=O)OC. The molecule has 0 saturated carbocycles. The second-order valence-electron chi connectivity index (χ2n) is 2.85. The van der Waals surface area contributed by atoms with Gasteiger partial charge < -0.3 is 14.9 Å². The van der Waals surface area contributed by atoms with Crippen LogP contribution in [0.25, 0.3) is 0 Å². The zero-order valence-electron chi connectivity index (χ0n) is 9.33. The van der Waals surface area contributed by atoms with Gasteiger partial charge in [0, 0.05) is 5.71 Å². The fourth-order valence-electron chi connectivity index (χ4n) is 0.938. The molecular weight excluding hydrogens is 216 g/mol. The molecule has 2 amide bonds. The Bertz CT molecular complexity index is 313. The highest BCUT2D eigenvalue weighted by Gasteiger charge is 2.31. The summed E-state index contributed by atoms with van der Waals surface area (Å²) in [4.78, 5) is 33.5. The number of ether oxygens (including phenoxy) is 2. The van der Waals surface area contributed by atoms with Crippen LogP contribution in [-0.2, 0) is 19.1 Å². The first-order chi connectivity index (χ1) is 7.43. The Morgan fingerprint density at radius 3 is 2.31 bits per heavy atom. The third kappa shape index (κ3) is 4.07. The molecule has 90 valence electrons. The van der Waals surface area contributed by atoms with Crippen molar-refractivity contribution in [3.05, 3.63) is 0 Å². The van der Waals surface area contributed by atoms with Gasteiger partial charge in [-0.2, -0.15) is 0 Å². The summed E-state index contributed by atoms with van der Waals surface area (Å²) in [5, 5.41) is 9.08. The molecule has 1 atom stereocenters. The topological polar surface area (TPSA) is 106 Å². The molecule has 0 spiro atoms. The molecule has 2 N–H and O–H groups in total. The molecule has 0 heterocycles. The van der Waals surface area contributed by atoms with Gasteiger partial charge in [0.2, 0.25) is 5.91 Å². The minimum Gasteiger partial charge on any atom is -0.468 e. The van der Waals surface area contributed by atoms with Crippen LogP contribution >= 0.6 is 0 Å². The molecule has 0 aliphatic carbocycles. The van der Waals surface area contributed by atoms with Gasteiger partial charge in [-0.25, -0.2) is 4.79 Å². The van der Waals surface area contributed by atoms with Crippen molar-refractivity contribution in [2.45, 2.75) is 13.8 Å². The van der Waals surface area contributed by atoms with E-state index in [1.165, 1.54) is 6.92 Å². The van der Waals surface area contributed by atoms with Crippen LogP contribution in [0.15, 0.2) is 0 Å². The highest BCUT2D eigenvalue weighted by molar-refractivity contribution is 6.18. The van der Waals surface area contributed by atoms with Crippen molar-refractivity contribution in [1.29, 1.82) is 5.41 Å². The van der Waals surface area contributed by atoms with Crippen LogP contribution in [0.5, 0.6) is 0 Å². The first kappa shape index (κ1) is 14.1. The lowest BCUT2D eigenvalue weighted by Gasteiger charge is -2.12. The van der Waals surface area contributed by atoms with E-state index < -0.39 is 23.9 Å². The first-order valence-corrected chi connectivity index (χ1v) is 4.54. The van der Waals surface area contributed by atoms with Gasteiger partial charge in [-0.1, -0.05) is 0 Å². The molecule has 0 aliphatic heterocycles. The van der Waals surface area contributed by atoms with Crippen LogP contribution in [0, 0.1) is 11.3 Å².